The smallest absolute Gasteiger partial charge is 0.234 e. The van der Waals surface area contributed by atoms with Gasteiger partial charge in [-0.15, -0.1) is 0 Å². The Labute approximate surface area is 182 Å². The molecule has 30 heavy (non-hydrogen) atoms. The van der Waals surface area contributed by atoms with Crippen molar-refractivity contribution in [1.82, 2.24) is 15.1 Å². The summed E-state index contributed by atoms with van der Waals surface area (Å²) in [6, 6.07) is 0.0768. The molecule has 1 aliphatic carbocycles. The first-order valence-electron chi connectivity index (χ1n) is 11.5. The minimum absolute atomic E-state index is 0.0768. The summed E-state index contributed by atoms with van der Waals surface area (Å²) < 4.78 is 11.8. The zero-order valence-corrected chi connectivity index (χ0v) is 19.6. The molecule has 170 valence electrons. The van der Waals surface area contributed by atoms with Gasteiger partial charge in [0.1, 0.15) is 0 Å². The number of hydrogen-bond acceptors (Lipinski definition) is 5. The lowest BCUT2D eigenvalue weighted by molar-refractivity contribution is -0.125. The normalized spacial score (nSPS) is 28.4. The molecule has 2 unspecified atom stereocenters. The van der Waals surface area contributed by atoms with Crippen LogP contribution in [0.5, 0.6) is 0 Å². The molecule has 6 nitrogen and oxygen atoms in total. The monoisotopic (exact) mass is 419 g/mol. The maximum Gasteiger partial charge on any atom is 0.234 e. The van der Waals surface area contributed by atoms with E-state index in [9.17, 15) is 4.79 Å². The lowest BCUT2D eigenvalue weighted by Crippen LogP contribution is -2.53. The summed E-state index contributed by atoms with van der Waals surface area (Å²) in [5.41, 5.74) is 2.67. The van der Waals surface area contributed by atoms with E-state index in [-0.39, 0.29) is 17.6 Å². The van der Waals surface area contributed by atoms with Gasteiger partial charge in [0, 0.05) is 6.54 Å². The topological polar surface area (TPSA) is 54.0 Å². The van der Waals surface area contributed by atoms with Crippen molar-refractivity contribution in [3.8, 4) is 0 Å². The predicted octanol–water partition coefficient (Wildman–Crippen LogP) is 2.95. The van der Waals surface area contributed by atoms with E-state index < -0.39 is 0 Å². The summed E-state index contributed by atoms with van der Waals surface area (Å²) in [6.45, 7) is 9.82. The van der Waals surface area contributed by atoms with Crippen LogP contribution in [0.2, 0.25) is 0 Å². The van der Waals surface area contributed by atoms with Crippen LogP contribution in [-0.2, 0) is 14.3 Å². The van der Waals surface area contributed by atoms with Crippen molar-refractivity contribution in [2.24, 2.45) is 5.92 Å². The van der Waals surface area contributed by atoms with Crippen molar-refractivity contribution in [2.45, 2.75) is 70.7 Å². The van der Waals surface area contributed by atoms with Crippen molar-refractivity contribution in [1.29, 1.82) is 0 Å². The van der Waals surface area contributed by atoms with Crippen LogP contribution in [0.3, 0.4) is 0 Å². The van der Waals surface area contributed by atoms with Gasteiger partial charge in [-0.3, -0.25) is 14.6 Å². The van der Waals surface area contributed by atoms with Crippen LogP contribution >= 0.6 is 0 Å². The van der Waals surface area contributed by atoms with Gasteiger partial charge >= 0.3 is 0 Å². The highest BCUT2D eigenvalue weighted by Crippen LogP contribution is 2.26. The molecule has 2 heterocycles. The van der Waals surface area contributed by atoms with E-state index in [2.05, 4.69) is 62.1 Å². The number of nitrogens with zero attached hydrogens (tertiary/aromatic N) is 2. The molecule has 1 N–H and O–H groups in total. The zero-order chi connectivity index (χ0) is 21.7. The van der Waals surface area contributed by atoms with Gasteiger partial charge in [0.2, 0.25) is 5.91 Å². The summed E-state index contributed by atoms with van der Waals surface area (Å²) in [4.78, 5) is 17.3. The van der Waals surface area contributed by atoms with Crippen molar-refractivity contribution < 1.29 is 14.3 Å². The standard InChI is InChI=1S/C24H41N3O3/c1-24(2,3)30-15-18-10-11-23(26(4)13-18)27(5)14-22(28)25-21-12-19-8-6-7-9-20(19)16-29-17-21/h7,9,18,21,23H,6,8,10-17H2,1-5H3,(H,25,28)/t18?,21-,23?/m1/s1. The summed E-state index contributed by atoms with van der Waals surface area (Å²) in [5, 5.41) is 3.22. The molecule has 2 aliphatic heterocycles. The van der Waals surface area contributed by atoms with E-state index in [1.807, 2.05) is 0 Å². The molecular weight excluding hydrogens is 378 g/mol. The maximum atomic E-state index is 12.7. The summed E-state index contributed by atoms with van der Waals surface area (Å²) in [5.74, 6) is 0.649. The van der Waals surface area contributed by atoms with Crippen molar-refractivity contribution in [3.05, 3.63) is 23.3 Å². The highest BCUT2D eigenvalue weighted by molar-refractivity contribution is 5.78. The van der Waals surface area contributed by atoms with E-state index in [4.69, 9.17) is 9.47 Å². The number of likely N-dealkylation sites (tertiary alicyclic amines) is 1. The van der Waals surface area contributed by atoms with E-state index in [1.54, 1.807) is 0 Å². The summed E-state index contributed by atoms with van der Waals surface area (Å²) in [7, 11) is 4.22. The minimum atomic E-state index is -0.0866. The second-order valence-corrected chi connectivity index (χ2v) is 10.3. The third-order valence-electron chi connectivity index (χ3n) is 6.36. The molecule has 1 amide bonds. The quantitative estimate of drug-likeness (QED) is 0.717. The number of amides is 1. The Bertz CT molecular complexity index is 653. The number of ether oxygens (including phenoxy) is 2. The Hall–Kier alpha value is -1.21. The second kappa shape index (κ2) is 10.4. The lowest BCUT2D eigenvalue weighted by Gasteiger charge is -2.42. The average molecular weight is 420 g/mol. The SMILES string of the molecule is CN(CC(=O)N[C@H]1COCC2=C(CCC=C2)C1)C1CCC(COC(C)(C)C)CN1C. The van der Waals surface area contributed by atoms with Crippen LogP contribution in [0.4, 0.5) is 0 Å². The third-order valence-corrected chi connectivity index (χ3v) is 6.36. The molecule has 0 radical (unpaired) electrons. The Kier molecular flexibility index (Phi) is 8.13. The van der Waals surface area contributed by atoms with Gasteiger partial charge in [0.25, 0.3) is 0 Å². The largest absolute Gasteiger partial charge is 0.376 e. The predicted molar refractivity (Wildman–Crippen MR) is 120 cm³/mol. The van der Waals surface area contributed by atoms with Gasteiger partial charge in [-0.2, -0.15) is 0 Å². The molecule has 0 saturated carbocycles. The molecule has 3 atom stereocenters. The molecule has 1 fully saturated rings. The van der Waals surface area contributed by atoms with Gasteiger partial charge in [-0.1, -0.05) is 17.7 Å². The lowest BCUT2D eigenvalue weighted by atomic mass is 9.93. The van der Waals surface area contributed by atoms with Gasteiger partial charge in [-0.05, 0) is 78.5 Å². The molecule has 3 rings (SSSR count). The van der Waals surface area contributed by atoms with Crippen molar-refractivity contribution in [3.63, 3.8) is 0 Å². The highest BCUT2D eigenvalue weighted by Gasteiger charge is 2.30. The van der Waals surface area contributed by atoms with Crippen LogP contribution in [-0.4, -0.2) is 80.5 Å². The van der Waals surface area contributed by atoms with Crippen molar-refractivity contribution >= 4 is 5.91 Å². The highest BCUT2D eigenvalue weighted by atomic mass is 16.5. The number of rotatable bonds is 6. The number of hydrogen-bond donors (Lipinski definition) is 1. The molecular formula is C24H41N3O3. The summed E-state index contributed by atoms with van der Waals surface area (Å²) in [6.07, 6.45) is 10.0. The Morgan fingerprint density at radius 1 is 1.37 bits per heavy atom. The van der Waals surface area contributed by atoms with E-state index in [1.165, 1.54) is 11.1 Å². The summed E-state index contributed by atoms with van der Waals surface area (Å²) >= 11 is 0. The first kappa shape index (κ1) is 23.5. The Morgan fingerprint density at radius 3 is 2.90 bits per heavy atom. The molecule has 0 aromatic carbocycles. The fourth-order valence-electron chi connectivity index (χ4n) is 4.80. The van der Waals surface area contributed by atoms with Gasteiger partial charge < -0.3 is 14.8 Å². The molecule has 1 saturated heterocycles. The number of likely N-dealkylation sites (N-methyl/N-ethyl adjacent to an activating group) is 1. The number of carbonyl (C=O) groups is 1. The number of carbonyl (C=O) groups excluding carboxylic acids is 1. The first-order valence-corrected chi connectivity index (χ1v) is 11.5. The van der Waals surface area contributed by atoms with Crippen LogP contribution in [0.25, 0.3) is 0 Å². The van der Waals surface area contributed by atoms with Gasteiger partial charge in [0.15, 0.2) is 0 Å². The Morgan fingerprint density at radius 2 is 2.17 bits per heavy atom. The van der Waals surface area contributed by atoms with Crippen LogP contribution in [0.1, 0.15) is 52.9 Å². The van der Waals surface area contributed by atoms with E-state index >= 15 is 0 Å². The van der Waals surface area contributed by atoms with Crippen molar-refractivity contribution in [2.75, 3.05) is 47.0 Å². The van der Waals surface area contributed by atoms with Crippen LogP contribution in [0.15, 0.2) is 23.3 Å². The third kappa shape index (κ3) is 6.91. The van der Waals surface area contributed by atoms with Crippen LogP contribution in [0, 0.1) is 5.92 Å². The number of piperidine rings is 1. The van der Waals surface area contributed by atoms with E-state index in [0.29, 0.717) is 31.8 Å². The maximum absolute atomic E-state index is 12.7. The molecule has 0 bridgehead atoms. The fraction of sp³-hybridized carbons (Fsp3) is 0.792. The average Bonchev–Trinajstić information content (AvgIpc) is 2.87. The minimum Gasteiger partial charge on any atom is -0.376 e. The van der Waals surface area contributed by atoms with Gasteiger partial charge in [0.05, 0.1) is 44.2 Å². The number of nitrogens with one attached hydrogen (secondary N) is 1. The fourth-order valence-corrected chi connectivity index (χ4v) is 4.80. The number of allylic oxidation sites excluding steroid dienone is 1. The zero-order valence-electron chi connectivity index (χ0n) is 19.6. The van der Waals surface area contributed by atoms with Gasteiger partial charge in [-0.25, -0.2) is 0 Å². The van der Waals surface area contributed by atoms with E-state index in [0.717, 1.165) is 45.3 Å². The molecule has 6 heteroatoms. The molecule has 3 aliphatic rings. The van der Waals surface area contributed by atoms with Crippen LogP contribution < -0.4 is 5.32 Å². The second-order valence-electron chi connectivity index (χ2n) is 10.3. The molecule has 0 spiro atoms. The first-order chi connectivity index (χ1) is 14.2. The molecule has 0 aromatic heterocycles. The molecule has 0 aromatic rings. The Balaban J connectivity index is 1.44.